The largest absolute Gasteiger partial charge is 0.496 e. The average Bonchev–Trinajstić information content (AvgIpc) is 2.75. The normalized spacial score (nSPS) is 10.2. The summed E-state index contributed by atoms with van der Waals surface area (Å²) in [5, 5.41) is 2.90. The van der Waals surface area contributed by atoms with E-state index >= 15 is 0 Å². The van der Waals surface area contributed by atoms with Crippen molar-refractivity contribution in [2.75, 3.05) is 34.5 Å². The zero-order valence-corrected chi connectivity index (χ0v) is 17.4. The highest BCUT2D eigenvalue weighted by atomic mass is 16.5. The van der Waals surface area contributed by atoms with E-state index in [-0.39, 0.29) is 5.91 Å². The van der Waals surface area contributed by atoms with Gasteiger partial charge in [-0.05, 0) is 43.7 Å². The van der Waals surface area contributed by atoms with E-state index in [0.29, 0.717) is 49.8 Å². The van der Waals surface area contributed by atoms with E-state index in [1.807, 2.05) is 31.2 Å². The summed E-state index contributed by atoms with van der Waals surface area (Å²) in [6.45, 7) is 3.37. The van der Waals surface area contributed by atoms with Gasteiger partial charge in [0.15, 0.2) is 11.5 Å². The molecule has 0 saturated carbocycles. The van der Waals surface area contributed by atoms with Crippen molar-refractivity contribution in [2.24, 2.45) is 0 Å². The van der Waals surface area contributed by atoms with E-state index in [4.69, 9.17) is 23.7 Å². The summed E-state index contributed by atoms with van der Waals surface area (Å²) in [6.07, 6.45) is 0.981. The lowest BCUT2D eigenvalue weighted by Crippen LogP contribution is -2.23. The number of nitrogens with one attached hydrogen (secondary N) is 1. The Bertz CT molecular complexity index is 776. The summed E-state index contributed by atoms with van der Waals surface area (Å²) < 4.78 is 27.0. The fraction of sp³-hybridized carbons (Fsp3) is 0.409. The molecule has 0 bridgehead atoms. The van der Waals surface area contributed by atoms with Crippen molar-refractivity contribution < 1.29 is 28.5 Å². The van der Waals surface area contributed by atoms with Crippen LogP contribution in [0.4, 0.5) is 0 Å². The standard InChI is InChI=1S/C22H29NO6/c1-5-28-17-8-10-18(11-9-17)29-12-6-7-22(24)23-15-16-13-20(26-3)21(27-4)14-19(16)25-2/h8-11,13-14H,5-7,12,15H2,1-4H3,(H,23,24). The van der Waals surface area contributed by atoms with Gasteiger partial charge >= 0.3 is 0 Å². The number of hydrogen-bond acceptors (Lipinski definition) is 6. The Labute approximate surface area is 171 Å². The van der Waals surface area contributed by atoms with Crippen LogP contribution >= 0.6 is 0 Å². The third-order valence-corrected chi connectivity index (χ3v) is 4.21. The third kappa shape index (κ3) is 6.78. The highest BCUT2D eigenvalue weighted by Crippen LogP contribution is 2.34. The summed E-state index contributed by atoms with van der Waals surface area (Å²) in [5.74, 6) is 3.29. The smallest absolute Gasteiger partial charge is 0.220 e. The first-order valence-electron chi connectivity index (χ1n) is 9.52. The second-order valence-electron chi connectivity index (χ2n) is 6.15. The average molecular weight is 403 g/mol. The van der Waals surface area contributed by atoms with E-state index in [1.165, 1.54) is 0 Å². The predicted octanol–water partition coefficient (Wildman–Crippen LogP) is 3.59. The molecular weight excluding hydrogens is 374 g/mol. The van der Waals surface area contributed by atoms with Gasteiger partial charge in [0, 0.05) is 24.6 Å². The number of carbonyl (C=O) groups is 1. The summed E-state index contributed by atoms with van der Waals surface area (Å²) in [4.78, 5) is 12.1. The fourth-order valence-corrected chi connectivity index (χ4v) is 2.73. The van der Waals surface area contributed by atoms with Crippen molar-refractivity contribution in [3.8, 4) is 28.7 Å². The second kappa shape index (κ2) is 11.7. The van der Waals surface area contributed by atoms with Crippen molar-refractivity contribution in [1.29, 1.82) is 0 Å². The maximum atomic E-state index is 12.1. The molecule has 0 fully saturated rings. The van der Waals surface area contributed by atoms with Crippen molar-refractivity contribution in [3.63, 3.8) is 0 Å². The molecule has 0 atom stereocenters. The van der Waals surface area contributed by atoms with E-state index in [0.717, 1.165) is 17.1 Å². The van der Waals surface area contributed by atoms with Crippen LogP contribution in [0.3, 0.4) is 0 Å². The van der Waals surface area contributed by atoms with Gasteiger partial charge in [-0.3, -0.25) is 4.79 Å². The van der Waals surface area contributed by atoms with Crippen LogP contribution in [-0.2, 0) is 11.3 Å². The van der Waals surface area contributed by atoms with Gasteiger partial charge in [0.1, 0.15) is 17.2 Å². The van der Waals surface area contributed by atoms with Crippen molar-refractivity contribution in [1.82, 2.24) is 5.32 Å². The van der Waals surface area contributed by atoms with Crippen LogP contribution in [0.15, 0.2) is 36.4 Å². The molecule has 2 rings (SSSR count). The first-order chi connectivity index (χ1) is 14.1. The molecule has 0 radical (unpaired) electrons. The molecule has 0 aliphatic rings. The second-order valence-corrected chi connectivity index (χ2v) is 6.15. The lowest BCUT2D eigenvalue weighted by molar-refractivity contribution is -0.121. The maximum absolute atomic E-state index is 12.1. The van der Waals surface area contributed by atoms with Crippen LogP contribution in [-0.4, -0.2) is 40.5 Å². The summed E-state index contributed by atoms with van der Waals surface area (Å²) >= 11 is 0. The van der Waals surface area contributed by atoms with Gasteiger partial charge in [0.2, 0.25) is 5.91 Å². The number of methoxy groups -OCH3 is 3. The lowest BCUT2D eigenvalue weighted by atomic mass is 10.1. The van der Waals surface area contributed by atoms with Gasteiger partial charge in [0.05, 0.1) is 34.5 Å². The third-order valence-electron chi connectivity index (χ3n) is 4.21. The van der Waals surface area contributed by atoms with E-state index in [1.54, 1.807) is 33.5 Å². The number of carbonyl (C=O) groups excluding carboxylic acids is 1. The molecule has 2 aromatic rings. The lowest BCUT2D eigenvalue weighted by Gasteiger charge is -2.14. The molecule has 29 heavy (non-hydrogen) atoms. The molecule has 0 aliphatic heterocycles. The van der Waals surface area contributed by atoms with E-state index in [9.17, 15) is 4.79 Å². The highest BCUT2D eigenvalue weighted by molar-refractivity contribution is 5.76. The molecule has 158 valence electrons. The van der Waals surface area contributed by atoms with Crippen LogP contribution in [0.25, 0.3) is 0 Å². The molecule has 0 aromatic heterocycles. The predicted molar refractivity (Wildman–Crippen MR) is 110 cm³/mol. The van der Waals surface area contributed by atoms with Gasteiger partial charge in [-0.1, -0.05) is 0 Å². The first kappa shape index (κ1) is 22.2. The molecule has 1 N–H and O–H groups in total. The zero-order valence-electron chi connectivity index (χ0n) is 17.4. The van der Waals surface area contributed by atoms with Gasteiger partial charge in [-0.2, -0.15) is 0 Å². The van der Waals surface area contributed by atoms with Gasteiger partial charge in [-0.15, -0.1) is 0 Å². The molecule has 0 unspecified atom stereocenters. The quantitative estimate of drug-likeness (QED) is 0.546. The summed E-state index contributed by atoms with van der Waals surface area (Å²) in [7, 11) is 4.70. The molecule has 1 amide bonds. The SMILES string of the molecule is CCOc1ccc(OCCCC(=O)NCc2cc(OC)c(OC)cc2OC)cc1. The minimum atomic E-state index is -0.0582. The molecule has 7 nitrogen and oxygen atoms in total. The van der Waals surface area contributed by atoms with Gasteiger partial charge < -0.3 is 29.0 Å². The van der Waals surface area contributed by atoms with Crippen LogP contribution in [0.2, 0.25) is 0 Å². The minimum Gasteiger partial charge on any atom is -0.496 e. The van der Waals surface area contributed by atoms with E-state index in [2.05, 4.69) is 5.32 Å². The summed E-state index contributed by atoms with van der Waals surface area (Å²) in [5.41, 5.74) is 0.809. The molecule has 0 spiro atoms. The van der Waals surface area contributed by atoms with Crippen LogP contribution < -0.4 is 29.0 Å². The molecule has 7 heteroatoms. The van der Waals surface area contributed by atoms with Crippen LogP contribution in [0.5, 0.6) is 28.7 Å². The molecule has 2 aromatic carbocycles. The monoisotopic (exact) mass is 403 g/mol. The Morgan fingerprint density at radius 3 is 2.03 bits per heavy atom. The van der Waals surface area contributed by atoms with Crippen LogP contribution in [0, 0.1) is 0 Å². The topological polar surface area (TPSA) is 75.3 Å². The Morgan fingerprint density at radius 1 is 0.862 bits per heavy atom. The van der Waals surface area contributed by atoms with Gasteiger partial charge in [-0.25, -0.2) is 0 Å². The Morgan fingerprint density at radius 2 is 1.45 bits per heavy atom. The molecule has 0 saturated heterocycles. The van der Waals surface area contributed by atoms with Crippen LogP contribution in [0.1, 0.15) is 25.3 Å². The Balaban J connectivity index is 1.77. The summed E-state index contributed by atoms with van der Waals surface area (Å²) in [6, 6.07) is 11.0. The minimum absolute atomic E-state index is 0.0582. The molecule has 0 heterocycles. The molecular formula is C22H29NO6. The fourth-order valence-electron chi connectivity index (χ4n) is 2.73. The number of hydrogen-bond donors (Lipinski definition) is 1. The van der Waals surface area contributed by atoms with Crippen molar-refractivity contribution >= 4 is 5.91 Å². The van der Waals surface area contributed by atoms with E-state index < -0.39 is 0 Å². The van der Waals surface area contributed by atoms with Gasteiger partial charge in [0.25, 0.3) is 0 Å². The maximum Gasteiger partial charge on any atom is 0.220 e. The first-order valence-corrected chi connectivity index (χ1v) is 9.52. The van der Waals surface area contributed by atoms with Crippen molar-refractivity contribution in [2.45, 2.75) is 26.3 Å². The highest BCUT2D eigenvalue weighted by Gasteiger charge is 2.12. The number of ether oxygens (including phenoxy) is 5. The number of benzene rings is 2. The molecule has 0 aliphatic carbocycles. The Kier molecular flexibility index (Phi) is 8.95. The Hall–Kier alpha value is -3.09. The number of amides is 1. The van der Waals surface area contributed by atoms with Crippen molar-refractivity contribution in [3.05, 3.63) is 42.0 Å². The zero-order chi connectivity index (χ0) is 21.1. The number of rotatable bonds is 12.